The van der Waals surface area contributed by atoms with E-state index in [9.17, 15) is 43.2 Å². The Bertz CT molecular complexity index is 2690. The van der Waals surface area contributed by atoms with Crippen molar-refractivity contribution in [3.05, 3.63) is 182 Å². The first-order valence-electron chi connectivity index (χ1n) is 39.0. The summed E-state index contributed by atoms with van der Waals surface area (Å²) < 4.78 is 68.3. The topological polar surface area (TPSA) is 237 Å². The quantitative estimate of drug-likeness (QED) is 0.0169. The lowest BCUT2D eigenvalue weighted by atomic mass is 10.1. The van der Waals surface area contributed by atoms with Gasteiger partial charge < -0.3 is 33.8 Å². The molecule has 0 aromatic carbocycles. The second kappa shape index (κ2) is 75.4. The average Bonchev–Trinajstić information content (AvgIpc) is 0.911. The van der Waals surface area contributed by atoms with E-state index in [1.807, 2.05) is 36.5 Å². The highest BCUT2D eigenvalue weighted by Crippen LogP contribution is 2.45. The van der Waals surface area contributed by atoms with Crippen molar-refractivity contribution in [3.63, 3.8) is 0 Å². The number of allylic oxidation sites excluding steroid dienone is 29. The fraction of sp³-hybridized carbons (Fsp3) is 0.600. The van der Waals surface area contributed by atoms with E-state index in [4.69, 9.17) is 37.0 Å². The molecule has 104 heavy (non-hydrogen) atoms. The molecule has 0 aliphatic carbocycles. The second-order valence-corrected chi connectivity index (χ2v) is 28.1. The van der Waals surface area contributed by atoms with Gasteiger partial charge in [0.1, 0.15) is 19.3 Å². The van der Waals surface area contributed by atoms with Crippen LogP contribution in [0, 0.1) is 0 Å². The molecule has 0 amide bonds. The normalized spacial score (nSPS) is 14.9. The molecule has 588 valence electrons. The first kappa shape index (κ1) is 98.2. The molecule has 0 bridgehead atoms. The Kier molecular flexibility index (Phi) is 71.2. The third-order valence-electron chi connectivity index (χ3n) is 15.4. The minimum atomic E-state index is -5.01. The van der Waals surface area contributed by atoms with Crippen molar-refractivity contribution in [2.45, 2.75) is 290 Å². The first-order chi connectivity index (χ1) is 50.7. The summed E-state index contributed by atoms with van der Waals surface area (Å²) >= 11 is 0. The van der Waals surface area contributed by atoms with Gasteiger partial charge in [0.05, 0.1) is 32.8 Å². The van der Waals surface area contributed by atoms with Crippen LogP contribution >= 0.6 is 15.6 Å². The van der Waals surface area contributed by atoms with E-state index in [1.54, 1.807) is 6.08 Å². The molecule has 0 rings (SSSR count). The minimum absolute atomic E-state index is 0.0253. The molecule has 0 aliphatic heterocycles. The van der Waals surface area contributed by atoms with Gasteiger partial charge in [0, 0.05) is 19.3 Å². The number of hydrogen-bond donors (Lipinski definition) is 3. The first-order valence-corrected chi connectivity index (χ1v) is 42.0. The van der Waals surface area contributed by atoms with Crippen molar-refractivity contribution in [3.8, 4) is 0 Å². The molecule has 0 aliphatic rings. The van der Waals surface area contributed by atoms with Gasteiger partial charge >= 0.3 is 39.5 Å². The third kappa shape index (κ3) is 74.4. The number of hydrogen-bond acceptors (Lipinski definition) is 15. The van der Waals surface area contributed by atoms with Gasteiger partial charge in [-0.05, 0) is 148 Å². The summed E-state index contributed by atoms with van der Waals surface area (Å²) in [5.41, 5.74) is 0. The maximum Gasteiger partial charge on any atom is 0.472 e. The minimum Gasteiger partial charge on any atom is -0.462 e. The Morgan fingerprint density at radius 3 is 0.904 bits per heavy atom. The molecule has 3 N–H and O–H groups in total. The molecule has 0 spiro atoms. The van der Waals surface area contributed by atoms with Crippen LogP contribution in [0.1, 0.15) is 272 Å². The number of aliphatic hydroxyl groups excluding tert-OH is 1. The zero-order valence-corrected chi connectivity index (χ0v) is 65.9. The van der Waals surface area contributed by atoms with Crippen LogP contribution in [0.15, 0.2) is 182 Å². The van der Waals surface area contributed by atoms with Crippen LogP contribution in [0.2, 0.25) is 0 Å². The zero-order valence-electron chi connectivity index (χ0n) is 64.1. The van der Waals surface area contributed by atoms with Gasteiger partial charge in [0.25, 0.3) is 0 Å². The number of carbonyl (C=O) groups excluding carboxylic acids is 4. The summed E-state index contributed by atoms with van der Waals surface area (Å²) in [5, 5.41) is 10.6. The molecular weight excluding hydrogens is 1350 g/mol. The molecule has 5 unspecified atom stereocenters. The Morgan fingerprint density at radius 1 is 0.288 bits per heavy atom. The van der Waals surface area contributed by atoms with Crippen LogP contribution in [0.5, 0.6) is 0 Å². The number of unbranched alkanes of at least 4 members (excludes halogenated alkanes) is 16. The Morgan fingerprint density at radius 2 is 0.558 bits per heavy atom. The maximum absolute atomic E-state index is 13.1. The van der Waals surface area contributed by atoms with E-state index in [-0.39, 0.29) is 25.7 Å². The van der Waals surface area contributed by atoms with Gasteiger partial charge in [-0.15, -0.1) is 0 Å². The van der Waals surface area contributed by atoms with E-state index in [0.29, 0.717) is 32.1 Å². The lowest BCUT2D eigenvalue weighted by Gasteiger charge is -2.21. The predicted octanol–water partition coefficient (Wildman–Crippen LogP) is 22.8. The third-order valence-corrected chi connectivity index (χ3v) is 17.3. The molecule has 5 atom stereocenters. The Balaban J connectivity index is 5.51. The summed E-state index contributed by atoms with van der Waals surface area (Å²) in [6.45, 7) is 4.27. The summed E-state index contributed by atoms with van der Waals surface area (Å²) in [6, 6.07) is 0. The summed E-state index contributed by atoms with van der Waals surface area (Å²) in [4.78, 5) is 72.9. The number of phosphoric acid groups is 2. The lowest BCUT2D eigenvalue weighted by molar-refractivity contribution is -0.161. The van der Waals surface area contributed by atoms with Crippen LogP contribution in [0.3, 0.4) is 0 Å². The monoisotopic (exact) mass is 1490 g/mol. The van der Waals surface area contributed by atoms with E-state index in [0.717, 1.165) is 161 Å². The number of phosphoric ester groups is 2. The highest BCUT2D eigenvalue weighted by Gasteiger charge is 2.30. The maximum atomic E-state index is 13.1. The smallest absolute Gasteiger partial charge is 0.462 e. The molecule has 0 saturated heterocycles. The lowest BCUT2D eigenvalue weighted by Crippen LogP contribution is -2.30. The van der Waals surface area contributed by atoms with Crippen molar-refractivity contribution in [1.29, 1.82) is 0 Å². The highest BCUT2D eigenvalue weighted by molar-refractivity contribution is 7.47. The predicted molar refractivity (Wildman–Crippen MR) is 426 cm³/mol. The van der Waals surface area contributed by atoms with Gasteiger partial charge in [0.2, 0.25) is 0 Å². The molecule has 0 fully saturated rings. The molecule has 0 radical (unpaired) electrons. The molecule has 19 heteroatoms. The van der Waals surface area contributed by atoms with Crippen LogP contribution in [-0.2, 0) is 65.4 Å². The van der Waals surface area contributed by atoms with Crippen molar-refractivity contribution in [2.75, 3.05) is 39.6 Å². The molecule has 0 aromatic heterocycles. The molecular formula is C85H136O17P2. The number of esters is 4. The standard InChI is InChI=1S/C85H136O17P2/c1-5-9-13-17-21-25-29-33-36-38-39-41-43-47-50-54-58-62-66-70-83(88)96-76-81(102-85(90)72-68-64-60-56-52-48-44-40-37-34-30-26-22-18-14-10-6-2)78-100-104(93,94)98-74-79(86)73-97-103(91,92)99-77-80(101-84(89)71-67-63-59-55-51-45-32-28-24-20-16-12-8-4)75-95-82(87)69-65-61-57-53-49-46-42-35-31-27-23-19-15-11-7-3/h9-11,13-15,21-23,25-28,32-37,39,41-42,47,49-50,53,58,61-62,65,79-81,86H,5-8,12,16-20,24,29-31,38,40,43-46,48,51-52,54-57,59-60,63-64,66-78H2,1-4H3,(H,91,92)(H,93,94)/b13-9-,14-10-,15-11-,25-21-,26-22-,27-23-,32-28-,36-33-,37-34-,41-39-,42-35-,50-47-,53-49-,62-58-,65-61-. The van der Waals surface area contributed by atoms with Gasteiger partial charge in [0.15, 0.2) is 12.2 Å². The Hall–Kier alpha value is -5.84. The summed E-state index contributed by atoms with van der Waals surface area (Å²) in [5.74, 6) is -2.46. The van der Waals surface area contributed by atoms with Crippen molar-refractivity contribution < 1.29 is 80.2 Å². The van der Waals surface area contributed by atoms with E-state index in [1.165, 1.54) is 25.7 Å². The zero-order chi connectivity index (χ0) is 76.0. The highest BCUT2D eigenvalue weighted by atomic mass is 31.2. The van der Waals surface area contributed by atoms with E-state index < -0.39 is 97.5 Å². The van der Waals surface area contributed by atoms with E-state index >= 15 is 0 Å². The van der Waals surface area contributed by atoms with Crippen molar-refractivity contribution >= 4 is 39.5 Å². The van der Waals surface area contributed by atoms with Gasteiger partial charge in [-0.2, -0.15) is 0 Å². The fourth-order valence-corrected chi connectivity index (χ4v) is 11.1. The second-order valence-electron chi connectivity index (χ2n) is 25.2. The summed E-state index contributed by atoms with van der Waals surface area (Å²) in [6.07, 6.45) is 90.7. The summed E-state index contributed by atoms with van der Waals surface area (Å²) in [7, 11) is -10.0. The van der Waals surface area contributed by atoms with Gasteiger partial charge in [-0.3, -0.25) is 37.3 Å². The van der Waals surface area contributed by atoms with Gasteiger partial charge in [-0.25, -0.2) is 9.13 Å². The largest absolute Gasteiger partial charge is 0.472 e. The van der Waals surface area contributed by atoms with Crippen LogP contribution in [0.4, 0.5) is 0 Å². The molecule has 0 heterocycles. The number of carbonyl (C=O) groups is 4. The number of rotatable bonds is 71. The van der Waals surface area contributed by atoms with Crippen molar-refractivity contribution in [1.82, 2.24) is 0 Å². The molecule has 0 saturated carbocycles. The molecule has 17 nitrogen and oxygen atoms in total. The van der Waals surface area contributed by atoms with Crippen molar-refractivity contribution in [2.24, 2.45) is 0 Å². The van der Waals surface area contributed by atoms with Crippen LogP contribution < -0.4 is 0 Å². The SMILES string of the molecule is CC/C=C\C/C=C\C/C=C\C/C=C\C/C=C\C/C=C\CCC(=O)OCC(COP(=O)(O)OCC(O)COP(=O)(O)OCC(COC(=O)C/C=C\C/C=C\C/C=C\C/C=C\C/C=C\CC)OC(=O)CCCCCCC/C=C\CCCCCC)OC(=O)CCCCCCCCC/C=C\C/C=C\C/C=C\CC. The fourth-order valence-electron chi connectivity index (χ4n) is 9.56. The average molecular weight is 1490 g/mol. The van der Waals surface area contributed by atoms with E-state index in [2.05, 4.69) is 167 Å². The van der Waals surface area contributed by atoms with Crippen LogP contribution in [0.25, 0.3) is 0 Å². The number of ether oxygens (including phenoxy) is 4. The Labute approximate surface area is 628 Å². The number of aliphatic hydroxyl groups is 1. The molecule has 0 aromatic rings. The van der Waals surface area contributed by atoms with Gasteiger partial charge in [-0.1, -0.05) is 281 Å². The van der Waals surface area contributed by atoms with Crippen LogP contribution in [-0.4, -0.2) is 96.7 Å².